The van der Waals surface area contributed by atoms with Gasteiger partial charge in [0.15, 0.2) is 0 Å². The number of rotatable bonds is 7. The lowest BCUT2D eigenvalue weighted by atomic mass is 10.4. The highest BCUT2D eigenvalue weighted by Gasteiger charge is 2.10. The molecule has 6 nitrogen and oxygen atoms in total. The average molecular weight is 327 g/mol. The molecule has 1 aromatic heterocycles. The number of nitrogens with zero attached hydrogens (tertiary/aromatic N) is 1. The molecule has 0 aliphatic carbocycles. The van der Waals surface area contributed by atoms with Crippen LogP contribution in [0.25, 0.3) is 0 Å². The predicted molar refractivity (Wildman–Crippen MR) is 79.5 cm³/mol. The smallest absolute Gasteiger partial charge is 0.210 e. The van der Waals surface area contributed by atoms with E-state index in [0.29, 0.717) is 21.7 Å². The van der Waals surface area contributed by atoms with Gasteiger partial charge in [0.2, 0.25) is 10.0 Å². The summed E-state index contributed by atoms with van der Waals surface area (Å²) in [6, 6.07) is 1.55. The number of hydrogen-bond donors (Lipinski definition) is 3. The zero-order valence-corrected chi connectivity index (χ0v) is 12.7. The molecule has 1 rings (SSSR count). The highest BCUT2D eigenvalue weighted by molar-refractivity contribution is 7.89. The molecule has 0 aliphatic rings. The minimum absolute atomic E-state index is 0.125. The summed E-state index contributed by atoms with van der Waals surface area (Å²) in [5, 5.41) is 11.5. The average Bonchev–Trinajstić information content (AvgIpc) is 2.29. The lowest BCUT2D eigenvalue weighted by Crippen LogP contribution is -2.22. The fraction of sp³-hybridized carbons (Fsp3) is 0.500. The topological polar surface area (TPSA) is 97.1 Å². The molecular formula is C10H16Cl2N4O2S. The zero-order valence-electron chi connectivity index (χ0n) is 10.4. The van der Waals surface area contributed by atoms with Crippen molar-refractivity contribution in [3.05, 3.63) is 16.1 Å². The molecule has 108 valence electrons. The van der Waals surface area contributed by atoms with Crippen molar-refractivity contribution >= 4 is 44.9 Å². The first kappa shape index (κ1) is 16.3. The second-order valence-electron chi connectivity index (χ2n) is 3.87. The highest BCUT2D eigenvalue weighted by Crippen LogP contribution is 2.29. The quantitative estimate of drug-likeness (QED) is 0.711. The fourth-order valence-electron chi connectivity index (χ4n) is 1.27. The van der Waals surface area contributed by atoms with E-state index >= 15 is 0 Å². The number of pyridine rings is 1. The van der Waals surface area contributed by atoms with Crippen molar-refractivity contribution in [1.82, 2.24) is 4.98 Å². The Morgan fingerprint density at radius 1 is 1.21 bits per heavy atom. The Morgan fingerprint density at radius 2 is 1.74 bits per heavy atom. The normalized spacial score (nSPS) is 11.4. The van der Waals surface area contributed by atoms with Crippen molar-refractivity contribution in [1.29, 1.82) is 0 Å². The molecular weight excluding hydrogens is 311 g/mol. The maximum Gasteiger partial charge on any atom is 0.210 e. The molecule has 0 atom stereocenters. The number of nitrogens with one attached hydrogen (secondary N) is 2. The standard InChI is InChI=1S/C10H16Cl2N4O2S/c1-2-3-14-9-7(11)6-8(12)10(16-9)15-4-5-19(13,17)18/h6H,2-5H2,1H3,(H2,13,17,18)(H2,14,15,16). The lowest BCUT2D eigenvalue weighted by Gasteiger charge is -2.11. The maximum atomic E-state index is 10.8. The van der Waals surface area contributed by atoms with Crippen LogP contribution in [0.5, 0.6) is 0 Å². The third-order valence-corrected chi connectivity index (χ3v) is 3.50. The van der Waals surface area contributed by atoms with Crippen LogP contribution in [0.3, 0.4) is 0 Å². The van der Waals surface area contributed by atoms with Crippen LogP contribution in [0.1, 0.15) is 13.3 Å². The molecule has 1 aromatic rings. The van der Waals surface area contributed by atoms with Gasteiger partial charge < -0.3 is 10.6 Å². The zero-order chi connectivity index (χ0) is 14.5. The van der Waals surface area contributed by atoms with Crippen molar-refractivity contribution in [3.8, 4) is 0 Å². The number of sulfonamides is 1. The van der Waals surface area contributed by atoms with E-state index in [1.807, 2.05) is 6.92 Å². The number of hydrogen-bond acceptors (Lipinski definition) is 5. The molecule has 0 aliphatic heterocycles. The van der Waals surface area contributed by atoms with E-state index in [1.54, 1.807) is 6.07 Å². The third kappa shape index (κ3) is 5.82. The monoisotopic (exact) mass is 326 g/mol. The van der Waals surface area contributed by atoms with Crippen molar-refractivity contribution in [2.24, 2.45) is 5.14 Å². The molecule has 0 radical (unpaired) electrons. The van der Waals surface area contributed by atoms with E-state index in [4.69, 9.17) is 28.3 Å². The summed E-state index contributed by atoms with van der Waals surface area (Å²) in [5.74, 6) is 0.671. The summed E-state index contributed by atoms with van der Waals surface area (Å²) in [6.07, 6.45) is 0.925. The van der Waals surface area contributed by atoms with E-state index in [-0.39, 0.29) is 12.3 Å². The van der Waals surface area contributed by atoms with Gasteiger partial charge in [-0.2, -0.15) is 0 Å². The fourth-order valence-corrected chi connectivity index (χ4v) is 2.15. The minimum atomic E-state index is -3.51. The number of anilines is 2. The summed E-state index contributed by atoms with van der Waals surface area (Å²) in [5.41, 5.74) is 0. The summed E-state index contributed by atoms with van der Waals surface area (Å²) in [6.45, 7) is 2.87. The molecule has 0 unspecified atom stereocenters. The Hall–Kier alpha value is -0.760. The van der Waals surface area contributed by atoms with Gasteiger partial charge in [0.25, 0.3) is 0 Å². The Kier molecular flexibility index (Phi) is 6.12. The Bertz CT molecular complexity index is 537. The van der Waals surface area contributed by atoms with E-state index in [0.717, 1.165) is 13.0 Å². The van der Waals surface area contributed by atoms with Crippen molar-refractivity contribution in [2.45, 2.75) is 13.3 Å². The van der Waals surface area contributed by atoms with Crippen molar-refractivity contribution in [3.63, 3.8) is 0 Å². The second kappa shape index (κ2) is 7.14. The van der Waals surface area contributed by atoms with E-state index < -0.39 is 10.0 Å². The first-order chi connectivity index (χ1) is 8.83. The van der Waals surface area contributed by atoms with Crippen LogP contribution in [0.4, 0.5) is 11.6 Å². The summed E-state index contributed by atoms with van der Waals surface area (Å²) in [7, 11) is -3.51. The predicted octanol–water partition coefficient (Wildman–Crippen LogP) is 1.91. The van der Waals surface area contributed by atoms with Gasteiger partial charge in [0.05, 0.1) is 15.8 Å². The Labute approximate surface area is 122 Å². The van der Waals surface area contributed by atoms with Crippen LogP contribution in [-0.2, 0) is 10.0 Å². The van der Waals surface area contributed by atoms with Gasteiger partial charge in [-0.1, -0.05) is 30.1 Å². The van der Waals surface area contributed by atoms with Gasteiger partial charge in [-0.3, -0.25) is 0 Å². The van der Waals surface area contributed by atoms with Crippen LogP contribution in [0.15, 0.2) is 6.07 Å². The van der Waals surface area contributed by atoms with Gasteiger partial charge in [-0.25, -0.2) is 18.5 Å². The van der Waals surface area contributed by atoms with E-state index in [1.165, 1.54) is 0 Å². The van der Waals surface area contributed by atoms with Crippen LogP contribution in [-0.4, -0.2) is 32.2 Å². The summed E-state index contributed by atoms with van der Waals surface area (Å²) in [4.78, 5) is 4.21. The Morgan fingerprint density at radius 3 is 2.21 bits per heavy atom. The van der Waals surface area contributed by atoms with Crippen LogP contribution < -0.4 is 15.8 Å². The summed E-state index contributed by atoms with van der Waals surface area (Å²) >= 11 is 12.0. The minimum Gasteiger partial charge on any atom is -0.369 e. The molecule has 1 heterocycles. The molecule has 9 heteroatoms. The van der Waals surface area contributed by atoms with Gasteiger partial charge in [0, 0.05) is 13.1 Å². The van der Waals surface area contributed by atoms with Crippen LogP contribution in [0.2, 0.25) is 10.0 Å². The molecule has 0 spiro atoms. The van der Waals surface area contributed by atoms with Gasteiger partial charge >= 0.3 is 0 Å². The molecule has 19 heavy (non-hydrogen) atoms. The number of nitrogens with two attached hydrogens (primary N) is 1. The largest absolute Gasteiger partial charge is 0.369 e. The number of aromatic nitrogens is 1. The molecule has 0 bridgehead atoms. The first-order valence-electron chi connectivity index (χ1n) is 5.67. The molecule has 0 amide bonds. The third-order valence-electron chi connectivity index (χ3n) is 2.15. The lowest BCUT2D eigenvalue weighted by molar-refractivity contribution is 0.598. The molecule has 0 fully saturated rings. The molecule has 0 saturated heterocycles. The van der Waals surface area contributed by atoms with Gasteiger partial charge in [-0.05, 0) is 12.5 Å². The van der Waals surface area contributed by atoms with Crippen molar-refractivity contribution < 1.29 is 8.42 Å². The highest BCUT2D eigenvalue weighted by atomic mass is 35.5. The van der Waals surface area contributed by atoms with Gasteiger partial charge in [0.1, 0.15) is 11.6 Å². The number of primary sulfonamides is 1. The SMILES string of the molecule is CCCNc1nc(NCCS(N)(=O)=O)c(Cl)cc1Cl. The number of halogens is 2. The summed E-state index contributed by atoms with van der Waals surface area (Å²) < 4.78 is 21.6. The van der Waals surface area contributed by atoms with Gasteiger partial charge in [-0.15, -0.1) is 0 Å². The molecule has 4 N–H and O–H groups in total. The first-order valence-corrected chi connectivity index (χ1v) is 8.15. The molecule has 0 aromatic carbocycles. The van der Waals surface area contributed by atoms with E-state index in [2.05, 4.69) is 15.6 Å². The maximum absolute atomic E-state index is 10.8. The Balaban J connectivity index is 2.76. The van der Waals surface area contributed by atoms with Crippen LogP contribution >= 0.6 is 23.2 Å². The van der Waals surface area contributed by atoms with Crippen LogP contribution in [0, 0.1) is 0 Å². The van der Waals surface area contributed by atoms with Crippen molar-refractivity contribution in [2.75, 3.05) is 29.5 Å². The van der Waals surface area contributed by atoms with E-state index in [9.17, 15) is 8.42 Å². The second-order valence-corrected chi connectivity index (χ2v) is 6.42. The molecule has 0 saturated carbocycles.